The summed E-state index contributed by atoms with van der Waals surface area (Å²) >= 11 is 7.06. The number of hydrogen-bond donors (Lipinski definition) is 1. The van der Waals surface area contributed by atoms with Crippen molar-refractivity contribution >= 4 is 35.1 Å². The maximum Gasteiger partial charge on any atom is 0.235 e. The fourth-order valence-corrected chi connectivity index (χ4v) is 3.51. The molecule has 2 heterocycles. The van der Waals surface area contributed by atoms with E-state index in [4.69, 9.17) is 11.6 Å². The number of benzene rings is 1. The average molecular weight is 415 g/mol. The third kappa shape index (κ3) is 4.19. The van der Waals surface area contributed by atoms with Crippen LogP contribution < -0.4 is 5.32 Å². The first kappa shape index (κ1) is 19.9. The van der Waals surface area contributed by atoms with Crippen LogP contribution in [0.15, 0.2) is 47.6 Å². The second-order valence-electron chi connectivity index (χ2n) is 6.01. The highest BCUT2D eigenvalue weighted by Crippen LogP contribution is 2.30. The number of nitrogens with zero attached hydrogens (tertiary/aromatic N) is 3. The van der Waals surface area contributed by atoms with Gasteiger partial charge in [-0.3, -0.25) is 9.36 Å². The van der Waals surface area contributed by atoms with E-state index in [0.29, 0.717) is 27.1 Å². The molecule has 0 spiro atoms. The summed E-state index contributed by atoms with van der Waals surface area (Å²) in [4.78, 5) is 16.6. The molecule has 0 bridgehead atoms. The van der Waals surface area contributed by atoms with Gasteiger partial charge in [0.05, 0.1) is 27.1 Å². The molecule has 0 aliphatic carbocycles. The van der Waals surface area contributed by atoms with Crippen molar-refractivity contribution in [2.24, 2.45) is 0 Å². The van der Waals surface area contributed by atoms with Gasteiger partial charge in [-0.2, -0.15) is 5.26 Å². The van der Waals surface area contributed by atoms with E-state index in [-0.39, 0.29) is 11.7 Å². The second kappa shape index (κ2) is 8.46. The van der Waals surface area contributed by atoms with Crippen LogP contribution in [0.1, 0.15) is 16.8 Å². The molecule has 0 aliphatic heterocycles. The first-order valence-electron chi connectivity index (χ1n) is 8.33. The molecule has 28 heavy (non-hydrogen) atoms. The predicted octanol–water partition coefficient (Wildman–Crippen LogP) is 4.88. The SMILES string of the molecule is Cc1c(C#N)c(NC(=O)CSc2ccc(Cl)cn2)n(-c2cccc(F)c2)c1C. The van der Waals surface area contributed by atoms with Crippen LogP contribution in [0.4, 0.5) is 10.2 Å². The molecule has 0 atom stereocenters. The Balaban J connectivity index is 1.88. The zero-order valence-corrected chi connectivity index (χ0v) is 16.7. The van der Waals surface area contributed by atoms with E-state index in [1.54, 1.807) is 35.8 Å². The topological polar surface area (TPSA) is 70.7 Å². The highest BCUT2D eigenvalue weighted by molar-refractivity contribution is 7.99. The normalized spacial score (nSPS) is 10.5. The number of anilines is 1. The van der Waals surface area contributed by atoms with Gasteiger partial charge in [-0.15, -0.1) is 0 Å². The van der Waals surface area contributed by atoms with Crippen molar-refractivity contribution in [3.8, 4) is 11.8 Å². The summed E-state index contributed by atoms with van der Waals surface area (Å²) in [5.41, 5.74) is 2.37. The van der Waals surface area contributed by atoms with E-state index in [1.165, 1.54) is 30.1 Å². The van der Waals surface area contributed by atoms with Crippen molar-refractivity contribution < 1.29 is 9.18 Å². The Hall–Kier alpha value is -2.82. The molecule has 142 valence electrons. The lowest BCUT2D eigenvalue weighted by Crippen LogP contribution is -2.17. The fourth-order valence-electron chi connectivity index (χ4n) is 2.75. The summed E-state index contributed by atoms with van der Waals surface area (Å²) < 4.78 is 15.4. The van der Waals surface area contributed by atoms with E-state index in [0.717, 1.165) is 11.3 Å². The maximum absolute atomic E-state index is 13.7. The Morgan fingerprint density at radius 2 is 2.14 bits per heavy atom. The first-order valence-corrected chi connectivity index (χ1v) is 9.69. The molecule has 0 aliphatic rings. The number of aromatic nitrogens is 2. The molecule has 2 aromatic heterocycles. The molecule has 0 saturated heterocycles. The minimum Gasteiger partial charge on any atom is -0.310 e. The first-order chi connectivity index (χ1) is 13.4. The van der Waals surface area contributed by atoms with Gasteiger partial charge < -0.3 is 5.32 Å². The Labute approximate surface area is 171 Å². The molecular formula is C20H16ClFN4OS. The third-order valence-corrected chi connectivity index (χ3v) is 5.37. The molecule has 1 amide bonds. The van der Waals surface area contributed by atoms with Crippen LogP contribution in [-0.2, 0) is 4.79 Å². The highest BCUT2D eigenvalue weighted by atomic mass is 35.5. The summed E-state index contributed by atoms with van der Waals surface area (Å²) in [6.07, 6.45) is 1.51. The molecule has 1 aromatic carbocycles. The van der Waals surface area contributed by atoms with Gasteiger partial charge in [0.15, 0.2) is 0 Å². The number of nitrogens with one attached hydrogen (secondary N) is 1. The monoisotopic (exact) mass is 414 g/mol. The van der Waals surface area contributed by atoms with Crippen LogP contribution in [0.3, 0.4) is 0 Å². The van der Waals surface area contributed by atoms with Gasteiger partial charge in [0.2, 0.25) is 5.91 Å². The lowest BCUT2D eigenvalue weighted by atomic mass is 10.2. The van der Waals surface area contributed by atoms with Crippen LogP contribution in [-0.4, -0.2) is 21.2 Å². The Bertz CT molecular complexity index is 1070. The number of carbonyl (C=O) groups excluding carboxylic acids is 1. The van der Waals surface area contributed by atoms with E-state index in [2.05, 4.69) is 16.4 Å². The number of rotatable bonds is 5. The van der Waals surface area contributed by atoms with E-state index >= 15 is 0 Å². The molecule has 0 fully saturated rings. The zero-order valence-electron chi connectivity index (χ0n) is 15.2. The molecule has 3 rings (SSSR count). The number of amides is 1. The number of nitriles is 1. The Morgan fingerprint density at radius 3 is 2.79 bits per heavy atom. The smallest absolute Gasteiger partial charge is 0.235 e. The van der Waals surface area contributed by atoms with Crippen molar-refractivity contribution in [1.82, 2.24) is 9.55 Å². The number of pyridine rings is 1. The lowest BCUT2D eigenvalue weighted by Gasteiger charge is -2.13. The third-order valence-electron chi connectivity index (χ3n) is 4.20. The molecule has 1 N–H and O–H groups in total. The van der Waals surface area contributed by atoms with Crippen LogP contribution >= 0.6 is 23.4 Å². The minimum absolute atomic E-state index is 0.103. The van der Waals surface area contributed by atoms with Gasteiger partial charge in [-0.1, -0.05) is 29.4 Å². The van der Waals surface area contributed by atoms with Crippen LogP contribution in [0, 0.1) is 31.0 Å². The Kier molecular flexibility index (Phi) is 6.02. The second-order valence-corrected chi connectivity index (χ2v) is 7.44. The number of thioether (sulfide) groups is 1. The number of hydrogen-bond acceptors (Lipinski definition) is 4. The quantitative estimate of drug-likeness (QED) is 0.604. The van der Waals surface area contributed by atoms with Crippen LogP contribution in [0.25, 0.3) is 5.69 Å². The molecule has 5 nitrogen and oxygen atoms in total. The van der Waals surface area contributed by atoms with Crippen molar-refractivity contribution in [2.75, 3.05) is 11.1 Å². The van der Waals surface area contributed by atoms with Gasteiger partial charge in [0, 0.05) is 11.9 Å². The Morgan fingerprint density at radius 1 is 1.36 bits per heavy atom. The summed E-state index contributed by atoms with van der Waals surface area (Å²) in [5.74, 6) is -0.263. The lowest BCUT2D eigenvalue weighted by molar-refractivity contribution is -0.113. The number of halogens is 2. The van der Waals surface area contributed by atoms with Gasteiger partial charge in [0.1, 0.15) is 17.7 Å². The highest BCUT2D eigenvalue weighted by Gasteiger charge is 2.21. The van der Waals surface area contributed by atoms with Crippen molar-refractivity contribution in [3.05, 3.63) is 70.3 Å². The van der Waals surface area contributed by atoms with Gasteiger partial charge in [-0.05, 0) is 49.7 Å². The predicted molar refractivity (Wildman–Crippen MR) is 109 cm³/mol. The maximum atomic E-state index is 13.7. The van der Waals surface area contributed by atoms with E-state index < -0.39 is 5.82 Å². The molecular weight excluding hydrogens is 399 g/mol. The molecule has 0 unspecified atom stereocenters. The molecule has 3 aromatic rings. The largest absolute Gasteiger partial charge is 0.310 e. The van der Waals surface area contributed by atoms with Gasteiger partial charge in [0.25, 0.3) is 0 Å². The average Bonchev–Trinajstić information content (AvgIpc) is 2.91. The van der Waals surface area contributed by atoms with Crippen LogP contribution in [0.5, 0.6) is 0 Å². The standard InChI is InChI=1S/C20H16ClFN4OS/c1-12-13(2)26(16-5-3-4-15(22)8-16)20(17(12)9-23)25-18(27)11-28-19-7-6-14(21)10-24-19/h3-8,10H,11H2,1-2H3,(H,25,27). The number of carbonyl (C=O) groups is 1. The van der Waals surface area contributed by atoms with Crippen molar-refractivity contribution in [3.63, 3.8) is 0 Å². The summed E-state index contributed by atoms with van der Waals surface area (Å²) in [6.45, 7) is 3.62. The molecule has 0 saturated carbocycles. The fraction of sp³-hybridized carbons (Fsp3) is 0.150. The van der Waals surface area contributed by atoms with Gasteiger partial charge in [-0.25, -0.2) is 9.37 Å². The zero-order chi connectivity index (χ0) is 20.3. The molecule has 0 radical (unpaired) electrons. The summed E-state index contributed by atoms with van der Waals surface area (Å²) in [5, 5.41) is 13.5. The van der Waals surface area contributed by atoms with Crippen molar-refractivity contribution in [1.29, 1.82) is 5.26 Å². The van der Waals surface area contributed by atoms with E-state index in [1.807, 2.05) is 6.92 Å². The van der Waals surface area contributed by atoms with Crippen LogP contribution in [0.2, 0.25) is 5.02 Å². The van der Waals surface area contributed by atoms with Gasteiger partial charge >= 0.3 is 0 Å². The summed E-state index contributed by atoms with van der Waals surface area (Å²) in [6, 6.07) is 11.6. The minimum atomic E-state index is -0.400. The van der Waals surface area contributed by atoms with Crippen molar-refractivity contribution in [2.45, 2.75) is 18.9 Å². The molecule has 8 heteroatoms. The summed E-state index contributed by atoms with van der Waals surface area (Å²) in [7, 11) is 0. The van der Waals surface area contributed by atoms with E-state index in [9.17, 15) is 14.4 Å².